The van der Waals surface area contributed by atoms with Crippen LogP contribution in [0.2, 0.25) is 5.32 Å². The fourth-order valence-corrected chi connectivity index (χ4v) is 3.13. The molecule has 2 aromatic carbocycles. The quantitative estimate of drug-likeness (QED) is 0.483. The van der Waals surface area contributed by atoms with Gasteiger partial charge in [0, 0.05) is 0 Å². The number of nitrogens with zero attached hydrogens (tertiary/aromatic N) is 1. The molecule has 0 aliphatic carbocycles. The number of nitro benzene ring substituents is 1. The van der Waals surface area contributed by atoms with Crippen molar-refractivity contribution in [3.63, 3.8) is 0 Å². The number of benzene rings is 2. The predicted octanol–water partition coefficient (Wildman–Crippen LogP) is 3.06. The molecule has 0 saturated carbocycles. The van der Waals surface area contributed by atoms with Crippen molar-refractivity contribution in [1.29, 1.82) is 0 Å². The molecular formula is C15H13NO2Se. The monoisotopic (exact) mass is 319 g/mol. The number of non-ortho nitro benzene ring substituents is 1. The molecule has 2 rings (SSSR count). The van der Waals surface area contributed by atoms with Crippen LogP contribution in [-0.2, 0) is 0 Å². The topological polar surface area (TPSA) is 43.1 Å². The number of nitro groups is 1. The molecule has 0 aliphatic rings. The second-order valence-corrected chi connectivity index (χ2v) is 6.17. The van der Waals surface area contributed by atoms with Crippen LogP contribution in [0, 0.1) is 10.1 Å². The first-order chi connectivity index (χ1) is 9.25. The summed E-state index contributed by atoms with van der Waals surface area (Å²) in [5.41, 5.74) is 1.01. The molecule has 0 radical (unpaired) electrons. The van der Waals surface area contributed by atoms with Gasteiger partial charge in [-0.25, -0.2) is 0 Å². The molecule has 19 heavy (non-hydrogen) atoms. The maximum atomic E-state index is 10.7. The Morgan fingerprint density at radius 1 is 1.11 bits per heavy atom. The molecule has 96 valence electrons. The van der Waals surface area contributed by atoms with Crippen LogP contribution in [0.15, 0.2) is 60.7 Å². The van der Waals surface area contributed by atoms with E-state index in [4.69, 9.17) is 0 Å². The van der Waals surface area contributed by atoms with Crippen molar-refractivity contribution in [3.05, 3.63) is 76.4 Å². The second-order valence-electron chi connectivity index (χ2n) is 3.88. The zero-order valence-electron chi connectivity index (χ0n) is 10.2. The van der Waals surface area contributed by atoms with Gasteiger partial charge in [0.1, 0.15) is 0 Å². The van der Waals surface area contributed by atoms with Gasteiger partial charge >= 0.3 is 118 Å². The maximum absolute atomic E-state index is 10.7. The molecule has 0 spiro atoms. The molecule has 0 aromatic heterocycles. The zero-order valence-corrected chi connectivity index (χ0v) is 11.9. The van der Waals surface area contributed by atoms with Gasteiger partial charge in [0.2, 0.25) is 0 Å². The Hall–Kier alpha value is -1.90. The van der Waals surface area contributed by atoms with Gasteiger partial charge in [0.05, 0.1) is 0 Å². The fourth-order valence-electron chi connectivity index (χ4n) is 1.59. The van der Waals surface area contributed by atoms with Gasteiger partial charge < -0.3 is 0 Å². The Bertz CT molecular complexity index is 582. The van der Waals surface area contributed by atoms with E-state index < -0.39 is 0 Å². The Morgan fingerprint density at radius 2 is 1.89 bits per heavy atom. The molecule has 3 nitrogen and oxygen atoms in total. The summed E-state index contributed by atoms with van der Waals surface area (Å²) in [7, 11) is 0. The average Bonchev–Trinajstić information content (AvgIpc) is 2.45. The first kappa shape index (κ1) is 13.5. The van der Waals surface area contributed by atoms with Crippen molar-refractivity contribution >= 4 is 31.2 Å². The van der Waals surface area contributed by atoms with Crippen molar-refractivity contribution in [2.75, 3.05) is 0 Å². The fraction of sp³-hybridized carbons (Fsp3) is 0.0667. The summed E-state index contributed by atoms with van der Waals surface area (Å²) in [5, 5.41) is 11.6. The van der Waals surface area contributed by atoms with Crippen LogP contribution in [0.3, 0.4) is 0 Å². The molecule has 0 atom stereocenters. The molecule has 0 N–H and O–H groups in total. The van der Waals surface area contributed by atoms with Crippen molar-refractivity contribution in [2.45, 2.75) is 5.32 Å². The van der Waals surface area contributed by atoms with Crippen LogP contribution in [0.5, 0.6) is 0 Å². The first-order valence-electron chi connectivity index (χ1n) is 5.84. The summed E-state index contributed by atoms with van der Waals surface area (Å²) >= 11 is 0.415. The van der Waals surface area contributed by atoms with E-state index in [-0.39, 0.29) is 10.6 Å². The zero-order chi connectivity index (χ0) is 13.5. The molecule has 4 heteroatoms. The third-order valence-corrected chi connectivity index (χ3v) is 4.50. The standard InChI is InChI=1S/C15H13NO2Se/c17-16(18)14-8-4-6-13(12-14)7-5-11-19-15-9-2-1-3-10-15/h1-10,12H,11H2/b7-5+. The Labute approximate surface area is 118 Å². The SMILES string of the molecule is O=[N+]([O-])c1cccc(/C=C/C[Se]c2ccccc2)c1. The van der Waals surface area contributed by atoms with E-state index in [9.17, 15) is 10.1 Å². The first-order valence-corrected chi connectivity index (χ1v) is 7.91. The van der Waals surface area contributed by atoms with E-state index in [1.54, 1.807) is 12.1 Å². The molecule has 0 amide bonds. The molecule has 0 aliphatic heterocycles. The minimum atomic E-state index is -0.370. The molecule has 0 fully saturated rings. The Kier molecular flexibility index (Phi) is 4.90. The molecule has 0 heterocycles. The second kappa shape index (κ2) is 6.88. The third kappa shape index (κ3) is 4.36. The van der Waals surface area contributed by atoms with Crippen molar-refractivity contribution in [1.82, 2.24) is 0 Å². The van der Waals surface area contributed by atoms with Gasteiger partial charge in [-0.05, 0) is 0 Å². The van der Waals surface area contributed by atoms with Gasteiger partial charge in [0.25, 0.3) is 0 Å². The minimum absolute atomic E-state index is 0.135. The van der Waals surface area contributed by atoms with Gasteiger partial charge in [-0.15, -0.1) is 0 Å². The van der Waals surface area contributed by atoms with Crippen molar-refractivity contribution < 1.29 is 4.92 Å². The van der Waals surface area contributed by atoms with E-state index in [1.807, 2.05) is 30.3 Å². The molecule has 0 unspecified atom stereocenters. The summed E-state index contributed by atoms with van der Waals surface area (Å²) in [4.78, 5) is 10.3. The number of hydrogen-bond acceptors (Lipinski definition) is 2. The Balaban J connectivity index is 1.92. The summed E-state index contributed by atoms with van der Waals surface area (Å²) in [6.45, 7) is 0. The van der Waals surface area contributed by atoms with E-state index >= 15 is 0 Å². The van der Waals surface area contributed by atoms with Crippen LogP contribution in [0.1, 0.15) is 5.56 Å². The van der Waals surface area contributed by atoms with E-state index in [2.05, 4.69) is 18.2 Å². The summed E-state index contributed by atoms with van der Waals surface area (Å²) in [6, 6.07) is 17.0. The third-order valence-electron chi connectivity index (χ3n) is 2.48. The normalized spacial score (nSPS) is 10.7. The van der Waals surface area contributed by atoms with E-state index in [0.29, 0.717) is 15.0 Å². The summed E-state index contributed by atoms with van der Waals surface area (Å²) in [5.74, 6) is 0. The van der Waals surface area contributed by atoms with Crippen LogP contribution < -0.4 is 4.46 Å². The Morgan fingerprint density at radius 3 is 2.63 bits per heavy atom. The van der Waals surface area contributed by atoms with E-state index in [1.165, 1.54) is 10.5 Å². The number of rotatable bonds is 5. The average molecular weight is 318 g/mol. The molecule has 2 aromatic rings. The molecule has 0 saturated heterocycles. The van der Waals surface area contributed by atoms with Crippen LogP contribution in [0.4, 0.5) is 5.69 Å². The van der Waals surface area contributed by atoms with Crippen LogP contribution in [-0.4, -0.2) is 19.9 Å². The van der Waals surface area contributed by atoms with Crippen LogP contribution >= 0.6 is 0 Å². The van der Waals surface area contributed by atoms with Gasteiger partial charge in [-0.1, -0.05) is 0 Å². The van der Waals surface area contributed by atoms with Gasteiger partial charge in [0.15, 0.2) is 0 Å². The predicted molar refractivity (Wildman–Crippen MR) is 78.8 cm³/mol. The summed E-state index contributed by atoms with van der Waals surface area (Å²) < 4.78 is 1.36. The van der Waals surface area contributed by atoms with Crippen molar-refractivity contribution in [3.8, 4) is 0 Å². The van der Waals surface area contributed by atoms with Gasteiger partial charge in [-0.2, -0.15) is 0 Å². The van der Waals surface area contributed by atoms with Crippen LogP contribution in [0.25, 0.3) is 6.08 Å². The van der Waals surface area contributed by atoms with Gasteiger partial charge in [-0.3, -0.25) is 0 Å². The molecular weight excluding hydrogens is 305 g/mol. The van der Waals surface area contributed by atoms with Crippen molar-refractivity contribution in [2.24, 2.45) is 0 Å². The van der Waals surface area contributed by atoms with E-state index in [0.717, 1.165) is 10.9 Å². The number of hydrogen-bond donors (Lipinski definition) is 0. The number of allylic oxidation sites excluding steroid dienone is 1. The molecule has 0 bridgehead atoms. The summed E-state index contributed by atoms with van der Waals surface area (Å²) in [6.07, 6.45) is 4.02.